The zero-order chi connectivity index (χ0) is 49.5. The van der Waals surface area contributed by atoms with Gasteiger partial charge in [0.25, 0.3) is 0 Å². The second-order valence-electron chi connectivity index (χ2n) is 23.7. The second-order valence-corrected chi connectivity index (χ2v) is 23.7. The Balaban J connectivity index is 0.00000642. The minimum Gasteiger partial charge on any atom is -0.378 e. The van der Waals surface area contributed by atoms with Crippen LogP contribution < -0.4 is 29.6 Å². The van der Waals surface area contributed by atoms with Crippen molar-refractivity contribution in [2.75, 3.05) is 76.0 Å². The first-order valence-corrected chi connectivity index (χ1v) is 23.7. The number of hydrogen-bond donors (Lipinski definition) is 0. The molecule has 13 heteroatoms. The molecule has 363 valence electrons. The van der Waals surface area contributed by atoms with Crippen LogP contribution in [-0.4, -0.2) is 86.3 Å². The van der Waals surface area contributed by atoms with E-state index in [1.165, 1.54) is 0 Å². The summed E-state index contributed by atoms with van der Waals surface area (Å²) in [5.74, 6) is 2.18. The molecule has 2 aliphatic heterocycles. The molecule has 1 radical (unpaired) electrons. The van der Waals surface area contributed by atoms with E-state index in [1.54, 1.807) is 0 Å². The molecule has 5 heterocycles. The predicted octanol–water partition coefficient (Wildman–Crippen LogP) is 11.6. The molecule has 12 nitrogen and oxygen atoms in total. The van der Waals surface area contributed by atoms with Gasteiger partial charge in [0.2, 0.25) is 0 Å². The summed E-state index contributed by atoms with van der Waals surface area (Å²) in [6.45, 7) is 26.9. The molecule has 3 aromatic heterocycles. The average molecular weight is 973 g/mol. The van der Waals surface area contributed by atoms with Crippen molar-refractivity contribution in [1.82, 2.24) is 39.9 Å². The number of anilines is 4. The Morgan fingerprint density at radius 2 is 0.609 bits per heavy atom. The molecule has 0 fully saturated rings. The molecule has 0 saturated heterocycles. The largest absolute Gasteiger partial charge is 2.00 e. The van der Waals surface area contributed by atoms with Gasteiger partial charge in [-0.25, -0.2) is 9.97 Å². The summed E-state index contributed by atoms with van der Waals surface area (Å²) in [4.78, 5) is 52.5. The van der Waals surface area contributed by atoms with Crippen LogP contribution in [0.3, 0.4) is 0 Å². The maximum atomic E-state index is 5.55. The van der Waals surface area contributed by atoms with Crippen molar-refractivity contribution in [2.24, 2.45) is 0 Å². The Hall–Kier alpha value is -6.04. The van der Waals surface area contributed by atoms with E-state index in [0.717, 1.165) is 88.8 Å². The van der Waals surface area contributed by atoms with Crippen LogP contribution in [0.5, 0.6) is 0 Å². The van der Waals surface area contributed by atoms with Crippen LogP contribution in [0, 0.1) is 0 Å². The van der Waals surface area contributed by atoms with Gasteiger partial charge in [-0.3, -0.25) is 0 Å². The fraction of sp³-hybridized carbons (Fsp3) is 0.429. The van der Waals surface area contributed by atoms with Gasteiger partial charge in [-0.2, -0.15) is 0 Å². The summed E-state index contributed by atoms with van der Waals surface area (Å²) in [5, 5.41) is 3.66. The van der Waals surface area contributed by atoms with E-state index in [4.69, 9.17) is 39.9 Å². The van der Waals surface area contributed by atoms with Gasteiger partial charge in [0.1, 0.15) is 0 Å². The topological polar surface area (TPSA) is 118 Å². The molecule has 7 aromatic rings. The molecule has 0 atom stereocenters. The van der Waals surface area contributed by atoms with Gasteiger partial charge in [-0.1, -0.05) is 83.1 Å². The van der Waals surface area contributed by atoms with Crippen molar-refractivity contribution in [3.8, 4) is 45.6 Å². The minimum atomic E-state index is -0.279. The number of aromatic nitrogens is 8. The molecule has 0 saturated carbocycles. The van der Waals surface area contributed by atoms with E-state index >= 15 is 0 Å². The summed E-state index contributed by atoms with van der Waals surface area (Å²) in [6, 6.07) is 17.8. The Morgan fingerprint density at radius 1 is 0.333 bits per heavy atom. The van der Waals surface area contributed by atoms with Crippen LogP contribution in [0.15, 0.2) is 48.5 Å². The van der Waals surface area contributed by atoms with Crippen molar-refractivity contribution in [1.29, 1.82) is 0 Å². The van der Waals surface area contributed by atoms with E-state index in [9.17, 15) is 0 Å². The summed E-state index contributed by atoms with van der Waals surface area (Å²) >= 11 is 0. The number of benzene rings is 4. The molecule has 8 bridgehead atoms. The first kappa shape index (κ1) is 49.4. The molecule has 0 N–H and O–H groups in total. The van der Waals surface area contributed by atoms with Crippen molar-refractivity contribution < 1.29 is 17.1 Å². The van der Waals surface area contributed by atoms with E-state index in [1.807, 2.05) is 0 Å². The normalized spacial score (nSPS) is 12.8. The summed E-state index contributed by atoms with van der Waals surface area (Å²) in [6.07, 6.45) is 0. The number of hydrogen-bond acceptors (Lipinski definition) is 10. The van der Waals surface area contributed by atoms with Gasteiger partial charge in [0.15, 0.2) is 0 Å². The molecule has 2 aliphatic rings. The van der Waals surface area contributed by atoms with Crippen molar-refractivity contribution >= 4 is 66.9 Å². The number of nitrogens with zero attached hydrogens (tertiary/aromatic N) is 12. The zero-order valence-corrected chi connectivity index (χ0v) is 45.2. The summed E-state index contributed by atoms with van der Waals surface area (Å²) in [7, 11) is 16.6. The smallest absolute Gasteiger partial charge is 0.378 e. The summed E-state index contributed by atoms with van der Waals surface area (Å²) < 4.78 is 0. The van der Waals surface area contributed by atoms with Gasteiger partial charge in [-0.05, 0) is 114 Å². The fourth-order valence-electron chi connectivity index (χ4n) is 9.51. The average Bonchev–Trinajstić information content (AvgIpc) is 3.96. The third-order valence-electron chi connectivity index (χ3n) is 13.3. The molecular weight excluding hydrogens is 904 g/mol. The van der Waals surface area contributed by atoms with Crippen LogP contribution >= 0.6 is 0 Å². The fourth-order valence-corrected chi connectivity index (χ4v) is 9.51. The van der Waals surface area contributed by atoms with Gasteiger partial charge >= 0.3 is 17.1 Å². The standard InChI is InChI=1S/C56H68N12.Cu/c1-53(2,3)37-25-29(65(13)14)21-33-41(37)49-57-45(33)62-50-43-35(23-31(67(17)18)27-39(43)55(7,8)9)47(59-50)64-52-44-36(24-32(68(19)20)28-40(44)56(10,11)12)48(60-52)63-51-42-34(46(58-51)61-49)22-30(66(15)16)26-38(42)54(4,5)6;/h21-28H,1-20H3;/q-2;+2. The van der Waals surface area contributed by atoms with Crippen molar-refractivity contribution in [3.63, 3.8) is 0 Å². The van der Waals surface area contributed by atoms with Crippen LogP contribution in [0.4, 0.5) is 22.7 Å². The third-order valence-corrected chi connectivity index (χ3v) is 13.3. The first-order chi connectivity index (χ1) is 31.5. The zero-order valence-electron chi connectivity index (χ0n) is 44.3. The number of fused-ring (bicyclic) bond motifs is 20. The Morgan fingerprint density at radius 3 is 0.899 bits per heavy atom. The first-order valence-electron chi connectivity index (χ1n) is 23.7. The third kappa shape index (κ3) is 8.49. The summed E-state index contributed by atoms with van der Waals surface area (Å²) in [5.41, 5.74) is 13.4. The van der Waals surface area contributed by atoms with Gasteiger partial charge in [0.05, 0.1) is 23.3 Å². The van der Waals surface area contributed by atoms with E-state index in [0.29, 0.717) is 45.9 Å². The van der Waals surface area contributed by atoms with E-state index in [2.05, 4.69) is 208 Å². The van der Waals surface area contributed by atoms with Gasteiger partial charge in [0, 0.05) is 124 Å². The molecule has 69 heavy (non-hydrogen) atoms. The maximum absolute atomic E-state index is 5.55. The SMILES string of the molecule is CN(C)c1cc2c(c(C(C)(C)C)c1)-c1nc-2nc2[n-]c(nc3nc(nc4[n-]c(n1)c1cc(N(C)C)cc(C(C)(C)C)c41)-c1cc(N(C)C)cc(C(C)(C)C)c1-3)c1cc(N(C)C)cc(C(C)(C)C)c21.[Cu+2]. The van der Waals surface area contributed by atoms with Gasteiger partial charge < -0.3 is 49.5 Å². The van der Waals surface area contributed by atoms with Crippen molar-refractivity contribution in [3.05, 3.63) is 70.8 Å². The van der Waals surface area contributed by atoms with Crippen LogP contribution in [0.2, 0.25) is 0 Å². The molecular formula is C56H68CuN12. The van der Waals surface area contributed by atoms with Crippen LogP contribution in [0.25, 0.3) is 89.7 Å². The van der Waals surface area contributed by atoms with E-state index in [-0.39, 0.29) is 38.7 Å². The Labute approximate surface area is 418 Å². The second kappa shape index (κ2) is 16.5. The molecule has 0 unspecified atom stereocenters. The van der Waals surface area contributed by atoms with Crippen molar-refractivity contribution in [2.45, 2.75) is 105 Å². The Bertz CT molecular complexity index is 3170. The monoisotopic (exact) mass is 971 g/mol. The van der Waals surface area contributed by atoms with Crippen LogP contribution in [-0.2, 0) is 38.7 Å². The van der Waals surface area contributed by atoms with Gasteiger partial charge in [-0.15, -0.1) is 0 Å². The maximum Gasteiger partial charge on any atom is 2.00 e. The molecule has 9 rings (SSSR count). The minimum absolute atomic E-state index is 0. The molecule has 4 aromatic carbocycles. The van der Waals surface area contributed by atoms with Crippen LogP contribution in [0.1, 0.15) is 105 Å². The molecule has 0 amide bonds. The Kier molecular flexibility index (Phi) is 11.8. The predicted molar refractivity (Wildman–Crippen MR) is 286 cm³/mol. The van der Waals surface area contributed by atoms with E-state index < -0.39 is 0 Å². The quantitative estimate of drug-likeness (QED) is 0.156. The number of rotatable bonds is 4. The molecule has 0 spiro atoms. The molecule has 0 aliphatic carbocycles.